The molecule has 1 aliphatic carbocycles. The van der Waals surface area contributed by atoms with E-state index in [1.165, 1.54) is 0 Å². The van der Waals surface area contributed by atoms with Gasteiger partial charge in [-0.3, -0.25) is 9.35 Å². The van der Waals surface area contributed by atoms with E-state index in [1.807, 2.05) is 85.8 Å². The third kappa shape index (κ3) is 5.52. The van der Waals surface area contributed by atoms with Crippen molar-refractivity contribution in [3.63, 3.8) is 0 Å². The fourth-order valence-electron chi connectivity index (χ4n) is 3.79. The summed E-state index contributed by atoms with van der Waals surface area (Å²) in [5.41, 5.74) is 12.5. The highest BCUT2D eigenvalue weighted by Gasteiger charge is 2.34. The molecular formula is C25H22N4O5S. The van der Waals surface area contributed by atoms with Gasteiger partial charge in [0, 0.05) is 41.3 Å². The minimum absolute atomic E-state index is 0.0527. The number of ketones is 1. The Morgan fingerprint density at radius 2 is 1.60 bits per heavy atom. The number of anilines is 2. The van der Waals surface area contributed by atoms with Crippen molar-refractivity contribution in [2.75, 3.05) is 5.32 Å². The van der Waals surface area contributed by atoms with Crippen LogP contribution >= 0.6 is 0 Å². The van der Waals surface area contributed by atoms with E-state index in [1.54, 1.807) is 0 Å². The van der Waals surface area contributed by atoms with E-state index in [9.17, 15) is 4.79 Å². The first-order valence-corrected chi connectivity index (χ1v) is 12.0. The number of hydrogen-bond donors (Lipinski definition) is 3. The molecule has 3 aromatic carbocycles. The summed E-state index contributed by atoms with van der Waals surface area (Å²) in [5.74, 6) is -0.422. The van der Waals surface area contributed by atoms with Crippen molar-refractivity contribution in [2.45, 2.75) is 6.92 Å². The van der Waals surface area contributed by atoms with Gasteiger partial charge in [-0.25, -0.2) is 13.4 Å². The average Bonchev–Trinajstić information content (AvgIpc) is 2.82. The smallest absolute Gasteiger partial charge is 0.243 e. The number of benzene rings is 3. The van der Waals surface area contributed by atoms with Gasteiger partial charge in [0.1, 0.15) is 5.52 Å². The number of nitrogens with two attached hydrogens (primary N) is 1. The molecule has 0 radical (unpaired) electrons. The van der Waals surface area contributed by atoms with Crippen molar-refractivity contribution in [2.24, 2.45) is 11.7 Å². The van der Waals surface area contributed by atoms with E-state index >= 15 is 0 Å². The van der Waals surface area contributed by atoms with E-state index in [0.29, 0.717) is 17.1 Å². The summed E-state index contributed by atoms with van der Waals surface area (Å²) >= 11 is 0. The van der Waals surface area contributed by atoms with E-state index in [0.717, 1.165) is 28.1 Å². The van der Waals surface area contributed by atoms with Crippen LogP contribution in [0.1, 0.15) is 23.1 Å². The molecule has 0 saturated carbocycles. The molecule has 4 aromatic rings. The van der Waals surface area contributed by atoms with E-state index in [-0.39, 0.29) is 11.7 Å². The first-order chi connectivity index (χ1) is 16.6. The van der Waals surface area contributed by atoms with Crippen LogP contribution in [-0.4, -0.2) is 28.3 Å². The van der Waals surface area contributed by atoms with Gasteiger partial charge in [0.05, 0.1) is 5.92 Å². The van der Waals surface area contributed by atoms with Crippen LogP contribution in [-0.2, 0) is 10.4 Å². The zero-order valence-corrected chi connectivity index (χ0v) is 19.4. The Hall–Kier alpha value is -4.12. The SMILES string of the molecule is CC1C(=O)c2nc3ccc(Nc4ccccc4)cc3[n+](-c3ccccc3)c2C=C1N.O=S(=O)([O-])O. The molecule has 10 heteroatoms. The summed E-state index contributed by atoms with van der Waals surface area (Å²) in [6, 6.07) is 25.9. The second kappa shape index (κ2) is 9.63. The highest BCUT2D eigenvalue weighted by molar-refractivity contribution is 7.79. The molecule has 5 rings (SSSR count). The van der Waals surface area contributed by atoms with E-state index in [4.69, 9.17) is 28.2 Å². The van der Waals surface area contributed by atoms with Crippen molar-refractivity contribution >= 4 is 44.7 Å². The first kappa shape index (κ1) is 24.0. The Labute approximate surface area is 202 Å². The van der Waals surface area contributed by atoms with Crippen LogP contribution in [0.4, 0.5) is 11.4 Å². The van der Waals surface area contributed by atoms with Gasteiger partial charge >= 0.3 is 0 Å². The van der Waals surface area contributed by atoms with Gasteiger partial charge in [-0.2, -0.15) is 0 Å². The summed E-state index contributed by atoms with van der Waals surface area (Å²) in [5, 5.41) is 3.43. The standard InChI is InChI=1S/C25H20N4O.H2O4S/c1-16-20(26)15-23-24(25(16)30)28-21-13-12-18(27-17-8-4-2-5-9-17)14-22(21)29(23)19-10-6-3-7-11-19;1-5(2,3)4/h2-16H,1H3,(H2,26,27,30);(H2,1,2,3,4). The molecule has 0 fully saturated rings. The molecule has 0 spiro atoms. The third-order valence-corrected chi connectivity index (χ3v) is 5.44. The zero-order valence-electron chi connectivity index (χ0n) is 18.6. The molecule has 4 N–H and O–H groups in total. The maximum Gasteiger partial charge on any atom is 0.243 e. The fraction of sp³-hybridized carbons (Fsp3) is 0.0800. The summed E-state index contributed by atoms with van der Waals surface area (Å²) in [6.07, 6.45) is 1.87. The number of carbonyl (C=O) groups is 1. The van der Waals surface area contributed by atoms with Crippen LogP contribution in [0.3, 0.4) is 0 Å². The molecule has 1 unspecified atom stereocenters. The number of Topliss-reactive ketones (excluding diaryl/α,β-unsaturated/α-hetero) is 1. The lowest BCUT2D eigenvalue weighted by molar-refractivity contribution is -0.570. The zero-order chi connectivity index (χ0) is 25.2. The van der Waals surface area contributed by atoms with Crippen LogP contribution in [0, 0.1) is 5.92 Å². The molecule has 1 heterocycles. The average molecular weight is 491 g/mol. The van der Waals surface area contributed by atoms with Crippen LogP contribution < -0.4 is 15.6 Å². The number of fused-ring (bicyclic) bond motifs is 2. The van der Waals surface area contributed by atoms with E-state index in [2.05, 4.69) is 16.0 Å². The van der Waals surface area contributed by atoms with Crippen molar-refractivity contribution in [3.8, 4) is 5.69 Å². The largest absolute Gasteiger partial charge is 0.726 e. The summed E-state index contributed by atoms with van der Waals surface area (Å²) in [7, 11) is -4.92. The van der Waals surface area contributed by atoms with E-state index < -0.39 is 10.4 Å². The number of nitrogens with zero attached hydrogens (tertiary/aromatic N) is 2. The normalized spacial score (nSPS) is 15.0. The van der Waals surface area contributed by atoms with Gasteiger partial charge in [-0.15, -0.1) is 4.57 Å². The predicted molar refractivity (Wildman–Crippen MR) is 131 cm³/mol. The van der Waals surface area contributed by atoms with Gasteiger partial charge in [0.15, 0.2) is 11.5 Å². The van der Waals surface area contributed by atoms with Gasteiger partial charge in [0.25, 0.3) is 0 Å². The van der Waals surface area contributed by atoms with Gasteiger partial charge in [-0.1, -0.05) is 36.4 Å². The Morgan fingerprint density at radius 3 is 2.23 bits per heavy atom. The monoisotopic (exact) mass is 490 g/mol. The maximum absolute atomic E-state index is 13.0. The maximum atomic E-state index is 13.0. The molecule has 9 nitrogen and oxygen atoms in total. The molecule has 178 valence electrons. The summed E-state index contributed by atoms with van der Waals surface area (Å²) in [6.45, 7) is 1.82. The van der Waals surface area contributed by atoms with Crippen LogP contribution in [0.25, 0.3) is 22.8 Å². The summed E-state index contributed by atoms with van der Waals surface area (Å²) in [4.78, 5) is 17.7. The number of allylic oxidation sites excluding steroid dienone is 1. The van der Waals surface area contributed by atoms with Crippen molar-refractivity contribution < 1.29 is 26.9 Å². The number of aromatic nitrogens is 2. The number of hydrogen-bond acceptors (Lipinski definition) is 7. The van der Waals surface area contributed by atoms with Gasteiger partial charge in [-0.05, 0) is 31.2 Å². The minimum atomic E-state index is -4.92. The van der Waals surface area contributed by atoms with Crippen LogP contribution in [0.15, 0.2) is 84.6 Å². The second-order valence-corrected chi connectivity index (χ2v) is 8.72. The molecule has 0 aliphatic heterocycles. The quantitative estimate of drug-likeness (QED) is 0.225. The van der Waals surface area contributed by atoms with Crippen LogP contribution in [0.5, 0.6) is 0 Å². The Morgan fingerprint density at radius 1 is 1.00 bits per heavy atom. The Kier molecular flexibility index (Phi) is 6.61. The topological polar surface area (TPSA) is 149 Å². The highest BCUT2D eigenvalue weighted by atomic mass is 32.3. The number of rotatable bonds is 3. The fourth-order valence-corrected chi connectivity index (χ4v) is 3.79. The minimum Gasteiger partial charge on any atom is -0.726 e. The molecule has 35 heavy (non-hydrogen) atoms. The predicted octanol–water partition coefficient (Wildman–Crippen LogP) is 3.39. The lowest BCUT2D eigenvalue weighted by Crippen LogP contribution is -2.41. The van der Waals surface area contributed by atoms with Gasteiger partial charge < -0.3 is 15.6 Å². The molecule has 0 amide bonds. The molecule has 1 atom stereocenters. The highest BCUT2D eigenvalue weighted by Crippen LogP contribution is 2.27. The second-order valence-electron chi connectivity index (χ2n) is 7.87. The van der Waals surface area contributed by atoms with Crippen molar-refractivity contribution in [3.05, 3.63) is 95.9 Å². The number of carbonyl (C=O) groups excluding carboxylic acids is 1. The molecular weight excluding hydrogens is 468 g/mol. The first-order valence-electron chi connectivity index (χ1n) is 10.6. The number of nitrogens with one attached hydrogen (secondary N) is 1. The Balaban J connectivity index is 0.000000527. The molecule has 0 saturated heterocycles. The van der Waals surface area contributed by atoms with Crippen molar-refractivity contribution in [1.29, 1.82) is 0 Å². The Bertz CT molecular complexity index is 1530. The lowest BCUT2D eigenvalue weighted by atomic mass is 9.92. The van der Waals surface area contributed by atoms with Crippen LogP contribution in [0.2, 0.25) is 0 Å². The lowest BCUT2D eigenvalue weighted by Gasteiger charge is -2.18. The van der Waals surface area contributed by atoms with Gasteiger partial charge in [0.2, 0.25) is 27.3 Å². The third-order valence-electron chi connectivity index (χ3n) is 5.44. The number of para-hydroxylation sites is 2. The molecule has 0 bridgehead atoms. The molecule has 1 aromatic heterocycles. The van der Waals surface area contributed by atoms with Crippen molar-refractivity contribution in [1.82, 2.24) is 4.98 Å². The molecule has 1 aliphatic rings. The summed E-state index contributed by atoms with van der Waals surface area (Å²) < 4.78 is 34.9.